The molecule has 7 N–H and O–H groups in total. The van der Waals surface area contributed by atoms with Crippen LogP contribution in [0.5, 0.6) is 23.0 Å². The molecule has 4 rings (SSSR count). The van der Waals surface area contributed by atoms with Crippen LogP contribution in [0.2, 0.25) is 0 Å². The molecule has 1 fully saturated rings. The average Bonchev–Trinajstić information content (AvgIpc) is 2.73. The topological polar surface area (TPSA) is 190 Å². The van der Waals surface area contributed by atoms with Gasteiger partial charge in [-0.25, -0.2) is 0 Å². The molecular weight excluding hydrogens is 428 g/mol. The quantitative estimate of drug-likeness (QED) is 0.279. The molecule has 0 spiro atoms. The van der Waals surface area contributed by atoms with Gasteiger partial charge in [0.2, 0.25) is 6.29 Å². The van der Waals surface area contributed by atoms with Crippen LogP contribution in [-0.4, -0.2) is 73.1 Å². The number of ether oxygens (including phenoxy) is 2. The van der Waals surface area contributed by atoms with Gasteiger partial charge in [-0.2, -0.15) is 0 Å². The van der Waals surface area contributed by atoms with Crippen molar-refractivity contribution in [2.45, 2.75) is 30.7 Å². The maximum absolute atomic E-state index is 12.5. The Morgan fingerprint density at radius 3 is 2.38 bits per heavy atom. The van der Waals surface area contributed by atoms with E-state index in [0.717, 1.165) is 24.3 Å². The van der Waals surface area contributed by atoms with Crippen LogP contribution in [0.15, 0.2) is 45.6 Å². The number of phenolic OH excluding ortho intramolecular Hbond substituents is 3. The van der Waals surface area contributed by atoms with Crippen molar-refractivity contribution in [3.8, 4) is 34.3 Å². The molecule has 0 amide bonds. The molecule has 1 aromatic heterocycles. The molecular formula is C21H20O11. The zero-order valence-electron chi connectivity index (χ0n) is 16.3. The zero-order valence-corrected chi connectivity index (χ0v) is 16.3. The molecule has 0 radical (unpaired) electrons. The number of phenols is 3. The number of hydrogen-bond donors (Lipinski definition) is 7. The molecule has 5 unspecified atom stereocenters. The Hall–Kier alpha value is -3.35. The lowest BCUT2D eigenvalue weighted by Gasteiger charge is -2.39. The minimum atomic E-state index is -1.71. The number of rotatable bonds is 4. The highest BCUT2D eigenvalue weighted by Crippen LogP contribution is 2.37. The number of hydrogen-bond acceptors (Lipinski definition) is 11. The Morgan fingerprint density at radius 2 is 1.66 bits per heavy atom. The van der Waals surface area contributed by atoms with Crippen molar-refractivity contribution in [3.05, 3.63) is 46.6 Å². The van der Waals surface area contributed by atoms with Crippen LogP contribution in [0, 0.1) is 0 Å². The number of aliphatic hydroxyl groups excluding tert-OH is 4. The number of benzene rings is 2. The summed E-state index contributed by atoms with van der Waals surface area (Å²) in [7, 11) is 0. The van der Waals surface area contributed by atoms with E-state index < -0.39 is 48.5 Å². The van der Waals surface area contributed by atoms with E-state index >= 15 is 0 Å². The monoisotopic (exact) mass is 448 g/mol. The standard InChI is InChI=1S/C21H20O11/c22-7-16-18(27)19(28)20(29)21(32-16)31-13-4-8(23)1-2-10(13)14-6-12(26)17-11(25)3-9(24)5-15(17)30-14/h1-6,16,18-25,27-29H,7H2. The second-order valence-electron chi connectivity index (χ2n) is 7.31. The number of fused-ring (bicyclic) bond motifs is 1. The van der Waals surface area contributed by atoms with Crippen LogP contribution in [0.3, 0.4) is 0 Å². The second-order valence-corrected chi connectivity index (χ2v) is 7.31. The largest absolute Gasteiger partial charge is 0.508 e. The first kappa shape index (κ1) is 21.9. The van der Waals surface area contributed by atoms with Crippen LogP contribution in [0.25, 0.3) is 22.3 Å². The van der Waals surface area contributed by atoms with Crippen LogP contribution in [0.4, 0.5) is 0 Å². The minimum Gasteiger partial charge on any atom is -0.508 e. The molecule has 5 atom stereocenters. The van der Waals surface area contributed by atoms with Crippen molar-refractivity contribution in [2.75, 3.05) is 6.61 Å². The van der Waals surface area contributed by atoms with Gasteiger partial charge in [-0.05, 0) is 12.1 Å². The van der Waals surface area contributed by atoms with Gasteiger partial charge in [0.15, 0.2) is 5.43 Å². The smallest absolute Gasteiger partial charge is 0.229 e. The van der Waals surface area contributed by atoms with E-state index in [0.29, 0.717) is 0 Å². The molecule has 11 heteroatoms. The zero-order chi connectivity index (χ0) is 23.2. The van der Waals surface area contributed by atoms with Gasteiger partial charge >= 0.3 is 0 Å². The summed E-state index contributed by atoms with van der Waals surface area (Å²) in [6.45, 7) is -0.662. The summed E-state index contributed by atoms with van der Waals surface area (Å²) in [4.78, 5) is 12.5. The molecule has 3 aromatic rings. The molecule has 1 saturated heterocycles. The summed E-state index contributed by atoms with van der Waals surface area (Å²) in [6, 6.07) is 6.96. The number of aromatic hydroxyl groups is 3. The van der Waals surface area contributed by atoms with E-state index in [4.69, 9.17) is 13.9 Å². The van der Waals surface area contributed by atoms with Gasteiger partial charge in [-0.15, -0.1) is 0 Å². The van der Waals surface area contributed by atoms with Crippen molar-refractivity contribution < 1.29 is 49.6 Å². The number of aliphatic hydroxyl groups is 4. The first-order valence-corrected chi connectivity index (χ1v) is 9.50. The van der Waals surface area contributed by atoms with Gasteiger partial charge in [0.05, 0.1) is 12.2 Å². The van der Waals surface area contributed by atoms with Gasteiger partial charge in [0, 0.05) is 24.3 Å². The first-order chi connectivity index (χ1) is 15.2. The predicted molar refractivity (Wildman–Crippen MR) is 107 cm³/mol. The summed E-state index contributed by atoms with van der Waals surface area (Å²) >= 11 is 0. The van der Waals surface area contributed by atoms with E-state index in [2.05, 4.69) is 0 Å². The molecule has 2 heterocycles. The summed E-state index contributed by atoms with van der Waals surface area (Å²) in [5.74, 6) is -1.23. The fourth-order valence-corrected chi connectivity index (χ4v) is 3.49. The third-order valence-electron chi connectivity index (χ3n) is 5.12. The maximum Gasteiger partial charge on any atom is 0.229 e. The first-order valence-electron chi connectivity index (χ1n) is 9.50. The lowest BCUT2D eigenvalue weighted by molar-refractivity contribution is -0.277. The highest BCUT2D eigenvalue weighted by atomic mass is 16.7. The van der Waals surface area contributed by atoms with E-state index in [1.807, 2.05) is 0 Å². The van der Waals surface area contributed by atoms with Gasteiger partial charge in [-0.3, -0.25) is 4.79 Å². The Morgan fingerprint density at radius 1 is 0.906 bits per heavy atom. The summed E-state index contributed by atoms with van der Waals surface area (Å²) in [5, 5.41) is 68.8. The molecule has 0 saturated carbocycles. The Balaban J connectivity index is 1.77. The normalized spacial score (nSPS) is 25.7. The molecule has 0 aliphatic carbocycles. The fourth-order valence-electron chi connectivity index (χ4n) is 3.49. The third-order valence-corrected chi connectivity index (χ3v) is 5.12. The average molecular weight is 448 g/mol. The Kier molecular flexibility index (Phi) is 5.67. The molecule has 1 aliphatic rings. The summed E-state index contributed by atoms with van der Waals surface area (Å²) < 4.78 is 16.6. The van der Waals surface area contributed by atoms with Gasteiger partial charge in [0.1, 0.15) is 64.1 Å². The minimum absolute atomic E-state index is 0.0629. The van der Waals surface area contributed by atoms with E-state index in [-0.39, 0.29) is 39.5 Å². The van der Waals surface area contributed by atoms with Gasteiger partial charge < -0.3 is 49.6 Å². The van der Waals surface area contributed by atoms with Crippen molar-refractivity contribution in [2.24, 2.45) is 0 Å². The second kappa shape index (κ2) is 8.30. The van der Waals surface area contributed by atoms with Crippen molar-refractivity contribution in [1.82, 2.24) is 0 Å². The Bertz CT molecular complexity index is 1200. The predicted octanol–water partition coefficient (Wildman–Crippen LogP) is -0.245. The van der Waals surface area contributed by atoms with Crippen LogP contribution < -0.4 is 10.2 Å². The van der Waals surface area contributed by atoms with E-state index in [1.54, 1.807) is 0 Å². The highest BCUT2D eigenvalue weighted by molar-refractivity contribution is 5.86. The molecule has 32 heavy (non-hydrogen) atoms. The summed E-state index contributed by atoms with van der Waals surface area (Å²) in [5.41, 5.74) is -0.607. The van der Waals surface area contributed by atoms with E-state index in [9.17, 15) is 40.5 Å². The van der Waals surface area contributed by atoms with Crippen molar-refractivity contribution in [3.63, 3.8) is 0 Å². The lowest BCUT2D eigenvalue weighted by Crippen LogP contribution is -2.60. The SMILES string of the molecule is O=c1cc(-c2ccc(O)cc2OC2OC(CO)C(O)C(O)C2O)oc2cc(O)cc(O)c12. The van der Waals surface area contributed by atoms with E-state index in [1.165, 1.54) is 12.1 Å². The molecule has 0 bridgehead atoms. The fraction of sp³-hybridized carbons (Fsp3) is 0.286. The van der Waals surface area contributed by atoms with Gasteiger partial charge in [0.25, 0.3) is 0 Å². The van der Waals surface area contributed by atoms with Crippen molar-refractivity contribution in [1.29, 1.82) is 0 Å². The maximum atomic E-state index is 12.5. The molecule has 1 aliphatic heterocycles. The highest BCUT2D eigenvalue weighted by Gasteiger charge is 2.45. The van der Waals surface area contributed by atoms with Crippen molar-refractivity contribution >= 4 is 11.0 Å². The molecule has 170 valence electrons. The molecule has 11 nitrogen and oxygen atoms in total. The molecule has 2 aromatic carbocycles. The lowest BCUT2D eigenvalue weighted by atomic mass is 9.99. The summed E-state index contributed by atoms with van der Waals surface area (Å²) in [6.07, 6.45) is -7.75. The van der Waals surface area contributed by atoms with Crippen LogP contribution >= 0.6 is 0 Å². The van der Waals surface area contributed by atoms with Crippen LogP contribution in [0.1, 0.15) is 0 Å². The Labute approximate surface area is 179 Å². The third kappa shape index (κ3) is 3.83. The van der Waals surface area contributed by atoms with Gasteiger partial charge in [-0.1, -0.05) is 0 Å². The van der Waals surface area contributed by atoms with Crippen LogP contribution in [-0.2, 0) is 4.74 Å².